The van der Waals surface area contributed by atoms with Gasteiger partial charge in [-0.3, -0.25) is 4.90 Å². The van der Waals surface area contributed by atoms with Crippen molar-refractivity contribution in [1.29, 1.82) is 0 Å². The zero-order valence-electron chi connectivity index (χ0n) is 14.8. The quantitative estimate of drug-likeness (QED) is 0.743. The highest BCUT2D eigenvalue weighted by atomic mass is 32.2. The van der Waals surface area contributed by atoms with E-state index >= 15 is 0 Å². The Morgan fingerprint density at radius 1 is 1.09 bits per heavy atom. The van der Waals surface area contributed by atoms with Gasteiger partial charge in [0.1, 0.15) is 16.4 Å². The van der Waals surface area contributed by atoms with Crippen LogP contribution in [0.2, 0.25) is 0 Å². The largest absolute Gasteiger partial charge is 0.497 e. The predicted octanol–water partition coefficient (Wildman–Crippen LogP) is 2.10. The Kier molecular flexibility index (Phi) is 7.31. The molecular weight excluding hydrogens is 316 g/mol. The second-order valence-electron chi connectivity index (χ2n) is 5.84. The van der Waals surface area contributed by atoms with Crippen molar-refractivity contribution in [2.24, 2.45) is 0 Å². The zero-order valence-corrected chi connectivity index (χ0v) is 15.6. The Labute approximate surface area is 139 Å². The van der Waals surface area contributed by atoms with Gasteiger partial charge >= 0.3 is 0 Å². The van der Waals surface area contributed by atoms with Crippen molar-refractivity contribution in [3.63, 3.8) is 0 Å². The Hall–Kier alpha value is -1.31. The van der Waals surface area contributed by atoms with Crippen LogP contribution in [0.3, 0.4) is 0 Å². The van der Waals surface area contributed by atoms with Gasteiger partial charge in [0.25, 0.3) is 0 Å². The van der Waals surface area contributed by atoms with Gasteiger partial charge in [-0.05, 0) is 39.8 Å². The molecular formula is C16H28N2O4S. The number of rotatable bonds is 9. The van der Waals surface area contributed by atoms with Crippen molar-refractivity contribution >= 4 is 10.0 Å². The van der Waals surface area contributed by atoms with E-state index < -0.39 is 10.0 Å². The summed E-state index contributed by atoms with van der Waals surface area (Å²) in [5, 5.41) is 0. The molecule has 0 atom stereocenters. The lowest BCUT2D eigenvalue weighted by molar-refractivity contribution is 0.179. The van der Waals surface area contributed by atoms with Gasteiger partial charge in [0.2, 0.25) is 10.0 Å². The molecule has 1 aromatic rings. The number of methoxy groups -OCH3 is 2. The number of nitrogens with one attached hydrogen (secondary N) is 1. The lowest BCUT2D eigenvalue weighted by Crippen LogP contribution is -2.42. The van der Waals surface area contributed by atoms with Crippen molar-refractivity contribution < 1.29 is 17.9 Å². The van der Waals surface area contributed by atoms with Crippen LogP contribution in [0.15, 0.2) is 23.1 Å². The summed E-state index contributed by atoms with van der Waals surface area (Å²) in [6, 6.07) is 5.42. The number of benzene rings is 1. The van der Waals surface area contributed by atoms with Gasteiger partial charge in [-0.15, -0.1) is 0 Å². The summed E-state index contributed by atoms with van der Waals surface area (Å²) in [4.78, 5) is 2.31. The van der Waals surface area contributed by atoms with Crippen LogP contribution >= 0.6 is 0 Å². The lowest BCUT2D eigenvalue weighted by atomic mass is 10.2. The average molecular weight is 344 g/mol. The van der Waals surface area contributed by atoms with E-state index in [0.717, 1.165) is 0 Å². The number of hydrogen-bond donors (Lipinski definition) is 1. The standard InChI is InChI=1S/C16H28N2O4S/c1-12(2)18(13(3)4)10-9-17-23(19,20)16-11-14(21-5)7-8-15(16)22-6/h7-8,11-13,17H,9-10H2,1-6H3. The molecule has 0 amide bonds. The van der Waals surface area contributed by atoms with Crippen molar-refractivity contribution in [2.45, 2.75) is 44.7 Å². The number of sulfonamides is 1. The van der Waals surface area contributed by atoms with Gasteiger partial charge in [0.15, 0.2) is 0 Å². The average Bonchev–Trinajstić information content (AvgIpc) is 2.50. The first-order chi connectivity index (χ1) is 10.7. The van der Waals surface area contributed by atoms with E-state index in [0.29, 0.717) is 36.7 Å². The van der Waals surface area contributed by atoms with Crippen molar-refractivity contribution in [1.82, 2.24) is 9.62 Å². The Bertz CT molecular complexity index is 592. The van der Waals surface area contributed by atoms with E-state index in [9.17, 15) is 8.42 Å². The molecule has 0 bridgehead atoms. The zero-order chi connectivity index (χ0) is 17.6. The molecule has 132 valence electrons. The van der Waals surface area contributed by atoms with Crippen molar-refractivity contribution in [3.8, 4) is 11.5 Å². The molecule has 0 aliphatic carbocycles. The summed E-state index contributed by atoms with van der Waals surface area (Å²) < 4.78 is 38.0. The minimum atomic E-state index is -3.66. The Morgan fingerprint density at radius 2 is 1.70 bits per heavy atom. The van der Waals surface area contributed by atoms with Crippen LogP contribution in [0.4, 0.5) is 0 Å². The monoisotopic (exact) mass is 344 g/mol. The topological polar surface area (TPSA) is 67.9 Å². The van der Waals surface area contributed by atoms with Gasteiger partial charge in [-0.1, -0.05) is 0 Å². The number of nitrogens with zero attached hydrogens (tertiary/aromatic N) is 1. The smallest absolute Gasteiger partial charge is 0.244 e. The maximum Gasteiger partial charge on any atom is 0.244 e. The summed E-state index contributed by atoms with van der Waals surface area (Å²) >= 11 is 0. The van der Waals surface area contributed by atoms with E-state index in [1.807, 2.05) is 0 Å². The highest BCUT2D eigenvalue weighted by Crippen LogP contribution is 2.27. The molecule has 7 heteroatoms. The molecule has 6 nitrogen and oxygen atoms in total. The summed E-state index contributed by atoms with van der Waals surface area (Å²) in [7, 11) is -0.725. The van der Waals surface area contributed by atoms with Gasteiger partial charge in [0.05, 0.1) is 14.2 Å². The second-order valence-corrected chi connectivity index (χ2v) is 7.58. The molecule has 0 unspecified atom stereocenters. The van der Waals surface area contributed by atoms with E-state index in [4.69, 9.17) is 9.47 Å². The number of hydrogen-bond acceptors (Lipinski definition) is 5. The van der Waals surface area contributed by atoms with E-state index in [2.05, 4.69) is 37.3 Å². The normalized spacial score (nSPS) is 12.2. The molecule has 0 saturated heterocycles. The first kappa shape index (κ1) is 19.7. The summed E-state index contributed by atoms with van der Waals surface area (Å²) in [5.41, 5.74) is 0. The van der Waals surface area contributed by atoms with E-state index in [1.54, 1.807) is 12.1 Å². The third-order valence-corrected chi connectivity index (χ3v) is 5.13. The summed E-state index contributed by atoms with van der Waals surface area (Å²) in [6.07, 6.45) is 0. The molecule has 0 fully saturated rings. The van der Waals surface area contributed by atoms with Crippen LogP contribution in [-0.4, -0.2) is 52.7 Å². The fourth-order valence-electron chi connectivity index (χ4n) is 2.49. The Morgan fingerprint density at radius 3 is 2.17 bits per heavy atom. The molecule has 0 radical (unpaired) electrons. The van der Waals surface area contributed by atoms with Gasteiger partial charge in [-0.2, -0.15) is 0 Å². The minimum Gasteiger partial charge on any atom is -0.497 e. The van der Waals surface area contributed by atoms with E-state index in [-0.39, 0.29) is 4.90 Å². The lowest BCUT2D eigenvalue weighted by Gasteiger charge is -2.30. The maximum absolute atomic E-state index is 12.5. The van der Waals surface area contributed by atoms with Crippen LogP contribution < -0.4 is 14.2 Å². The van der Waals surface area contributed by atoms with Crippen molar-refractivity contribution in [2.75, 3.05) is 27.3 Å². The Balaban J connectivity index is 2.87. The molecule has 0 aliphatic heterocycles. The SMILES string of the molecule is COc1ccc(OC)c(S(=O)(=O)NCCN(C(C)C)C(C)C)c1. The third kappa shape index (κ3) is 5.37. The van der Waals surface area contributed by atoms with Crippen LogP contribution in [0.5, 0.6) is 11.5 Å². The predicted molar refractivity (Wildman–Crippen MR) is 91.7 cm³/mol. The molecule has 1 rings (SSSR count). The maximum atomic E-state index is 12.5. The van der Waals surface area contributed by atoms with Gasteiger partial charge < -0.3 is 9.47 Å². The number of ether oxygens (including phenoxy) is 2. The first-order valence-electron chi connectivity index (χ1n) is 7.70. The van der Waals surface area contributed by atoms with Crippen LogP contribution in [0, 0.1) is 0 Å². The fourth-order valence-corrected chi connectivity index (χ4v) is 3.70. The molecule has 0 spiro atoms. The third-order valence-electron chi connectivity index (χ3n) is 3.65. The highest BCUT2D eigenvalue weighted by molar-refractivity contribution is 7.89. The van der Waals surface area contributed by atoms with E-state index in [1.165, 1.54) is 20.3 Å². The molecule has 1 aromatic carbocycles. The fraction of sp³-hybridized carbons (Fsp3) is 0.625. The second kappa shape index (κ2) is 8.52. The molecule has 0 aliphatic rings. The molecule has 0 heterocycles. The molecule has 0 saturated carbocycles. The molecule has 23 heavy (non-hydrogen) atoms. The summed E-state index contributed by atoms with van der Waals surface area (Å²) in [5.74, 6) is 0.764. The minimum absolute atomic E-state index is 0.0833. The van der Waals surface area contributed by atoms with Crippen LogP contribution in [0.25, 0.3) is 0 Å². The van der Waals surface area contributed by atoms with Gasteiger partial charge in [0, 0.05) is 31.2 Å². The molecule has 1 N–H and O–H groups in total. The van der Waals surface area contributed by atoms with Gasteiger partial charge in [-0.25, -0.2) is 13.1 Å². The van der Waals surface area contributed by atoms with Crippen LogP contribution in [-0.2, 0) is 10.0 Å². The first-order valence-corrected chi connectivity index (χ1v) is 9.18. The van der Waals surface area contributed by atoms with Crippen LogP contribution in [0.1, 0.15) is 27.7 Å². The van der Waals surface area contributed by atoms with Crippen molar-refractivity contribution in [3.05, 3.63) is 18.2 Å². The summed E-state index contributed by atoms with van der Waals surface area (Å²) in [6.45, 7) is 9.36. The molecule has 0 aromatic heterocycles. The highest BCUT2D eigenvalue weighted by Gasteiger charge is 2.21.